The lowest BCUT2D eigenvalue weighted by Crippen LogP contribution is -2.38. The SMILES string of the molecule is C1C2[C@@H]3[C@@H](C[C@H]4O[C@@H]34)[C@H]1[C@@H]1C[C@@H]3O[C@@H]3C[C@H]21. The van der Waals surface area contributed by atoms with Gasteiger partial charge in [0.15, 0.2) is 0 Å². The second-order valence-corrected chi connectivity index (χ2v) is 7.19. The van der Waals surface area contributed by atoms with Crippen molar-refractivity contribution in [2.24, 2.45) is 35.5 Å². The van der Waals surface area contributed by atoms with Gasteiger partial charge < -0.3 is 9.47 Å². The van der Waals surface area contributed by atoms with Crippen molar-refractivity contribution in [3.63, 3.8) is 0 Å². The summed E-state index contributed by atoms with van der Waals surface area (Å²) in [5, 5.41) is 0. The minimum absolute atomic E-state index is 0.677. The molecule has 0 aromatic carbocycles. The predicted molar refractivity (Wildman–Crippen MR) is 56.7 cm³/mol. The van der Waals surface area contributed by atoms with Crippen LogP contribution >= 0.6 is 0 Å². The van der Waals surface area contributed by atoms with E-state index in [1.807, 2.05) is 0 Å². The molecular formula is C14H18O2. The summed E-state index contributed by atoms with van der Waals surface area (Å²) in [7, 11) is 0. The molecule has 2 bridgehead atoms. The van der Waals surface area contributed by atoms with Crippen molar-refractivity contribution in [2.75, 3.05) is 0 Å². The molecule has 0 radical (unpaired) electrons. The molecule has 4 aliphatic carbocycles. The highest BCUT2D eigenvalue weighted by Crippen LogP contribution is 2.70. The van der Waals surface area contributed by atoms with Gasteiger partial charge in [-0.25, -0.2) is 0 Å². The highest BCUT2D eigenvalue weighted by atomic mass is 16.6. The van der Waals surface area contributed by atoms with Crippen LogP contribution in [0.5, 0.6) is 0 Å². The monoisotopic (exact) mass is 218 g/mol. The molecule has 6 fully saturated rings. The van der Waals surface area contributed by atoms with Gasteiger partial charge in [0.25, 0.3) is 0 Å². The van der Waals surface area contributed by atoms with Crippen LogP contribution in [0.2, 0.25) is 0 Å². The zero-order chi connectivity index (χ0) is 10.0. The molecule has 16 heavy (non-hydrogen) atoms. The van der Waals surface area contributed by atoms with Gasteiger partial charge in [0.1, 0.15) is 0 Å². The van der Waals surface area contributed by atoms with Crippen molar-refractivity contribution >= 4 is 0 Å². The molecule has 2 nitrogen and oxygen atoms in total. The largest absolute Gasteiger partial charge is 0.370 e. The average molecular weight is 218 g/mol. The topological polar surface area (TPSA) is 25.1 Å². The third kappa shape index (κ3) is 0.743. The maximum atomic E-state index is 5.81. The van der Waals surface area contributed by atoms with Crippen molar-refractivity contribution < 1.29 is 9.47 Å². The molecule has 0 N–H and O–H groups in total. The second-order valence-electron chi connectivity index (χ2n) is 7.19. The third-order valence-corrected chi connectivity index (χ3v) is 6.94. The molecule has 6 rings (SSSR count). The first-order valence-corrected chi connectivity index (χ1v) is 7.21. The Morgan fingerprint density at radius 3 is 2.06 bits per heavy atom. The number of rotatable bonds is 0. The van der Waals surface area contributed by atoms with E-state index in [4.69, 9.17) is 9.47 Å². The molecular weight excluding hydrogens is 200 g/mol. The van der Waals surface area contributed by atoms with E-state index in [1.165, 1.54) is 19.3 Å². The summed E-state index contributed by atoms with van der Waals surface area (Å²) >= 11 is 0. The Balaban J connectivity index is 1.42. The highest BCUT2D eigenvalue weighted by Gasteiger charge is 2.70. The van der Waals surface area contributed by atoms with E-state index in [-0.39, 0.29) is 0 Å². The van der Waals surface area contributed by atoms with E-state index in [1.54, 1.807) is 6.42 Å². The standard InChI is InChI=1S/C14H18O2/c1-5-6-2-10-11(15-10)3-7(6)8(1)13-9(5)4-12-14(13)16-12/h5-14H,1-4H2/t5-,6+,7+,8?,9+,10+,11-,12-,13-,14-/m1/s1. The van der Waals surface area contributed by atoms with Gasteiger partial charge in [0.2, 0.25) is 0 Å². The quantitative estimate of drug-likeness (QED) is 0.580. The van der Waals surface area contributed by atoms with Gasteiger partial charge in [-0.1, -0.05) is 0 Å². The zero-order valence-corrected chi connectivity index (χ0v) is 9.42. The van der Waals surface area contributed by atoms with Gasteiger partial charge in [0.05, 0.1) is 24.4 Å². The molecule has 86 valence electrons. The van der Waals surface area contributed by atoms with E-state index < -0.39 is 0 Å². The van der Waals surface area contributed by atoms with Gasteiger partial charge in [-0.15, -0.1) is 0 Å². The summed E-state index contributed by atoms with van der Waals surface area (Å²) in [5.74, 6) is 6.21. The summed E-state index contributed by atoms with van der Waals surface area (Å²) in [6.45, 7) is 0. The smallest absolute Gasteiger partial charge is 0.0875 e. The van der Waals surface area contributed by atoms with Crippen LogP contribution in [0.15, 0.2) is 0 Å². The highest BCUT2D eigenvalue weighted by molar-refractivity contribution is 5.18. The van der Waals surface area contributed by atoms with Crippen LogP contribution in [0, 0.1) is 35.5 Å². The van der Waals surface area contributed by atoms with Gasteiger partial charge in [-0.2, -0.15) is 0 Å². The molecule has 0 spiro atoms. The molecule has 2 heteroatoms. The number of fused-ring (bicyclic) bond motifs is 11. The van der Waals surface area contributed by atoms with Crippen LogP contribution < -0.4 is 0 Å². The first-order chi connectivity index (χ1) is 7.90. The molecule has 2 heterocycles. The number of hydrogen-bond donors (Lipinski definition) is 0. The van der Waals surface area contributed by atoms with Crippen molar-refractivity contribution in [2.45, 2.75) is 50.1 Å². The summed E-state index contributed by atoms with van der Waals surface area (Å²) < 4.78 is 11.6. The Hall–Kier alpha value is -0.0800. The van der Waals surface area contributed by atoms with Crippen LogP contribution in [-0.4, -0.2) is 24.4 Å². The molecule has 4 saturated carbocycles. The predicted octanol–water partition coefficient (Wildman–Crippen LogP) is 1.83. The summed E-state index contributed by atoms with van der Waals surface area (Å²) in [4.78, 5) is 0. The maximum Gasteiger partial charge on any atom is 0.0875 e. The molecule has 2 saturated heterocycles. The van der Waals surface area contributed by atoms with Gasteiger partial charge in [0, 0.05) is 0 Å². The lowest BCUT2D eigenvalue weighted by Gasteiger charge is -2.40. The van der Waals surface area contributed by atoms with E-state index in [9.17, 15) is 0 Å². The molecule has 1 unspecified atom stereocenters. The van der Waals surface area contributed by atoms with Gasteiger partial charge >= 0.3 is 0 Å². The molecule has 6 aliphatic rings. The first-order valence-electron chi connectivity index (χ1n) is 7.21. The lowest BCUT2D eigenvalue weighted by atomic mass is 9.64. The Labute approximate surface area is 95.7 Å². The van der Waals surface area contributed by atoms with Crippen molar-refractivity contribution in [3.05, 3.63) is 0 Å². The Bertz CT molecular complexity index is 379. The summed E-state index contributed by atoms with van der Waals surface area (Å²) in [6.07, 6.45) is 8.55. The fraction of sp³-hybridized carbons (Fsp3) is 1.00. The van der Waals surface area contributed by atoms with E-state index in [0.29, 0.717) is 24.4 Å². The van der Waals surface area contributed by atoms with Crippen molar-refractivity contribution in [3.8, 4) is 0 Å². The molecule has 0 aromatic heterocycles. The van der Waals surface area contributed by atoms with E-state index >= 15 is 0 Å². The van der Waals surface area contributed by atoms with Crippen LogP contribution in [0.4, 0.5) is 0 Å². The van der Waals surface area contributed by atoms with Crippen molar-refractivity contribution in [1.29, 1.82) is 0 Å². The van der Waals surface area contributed by atoms with E-state index in [0.717, 1.165) is 35.5 Å². The number of hydrogen-bond acceptors (Lipinski definition) is 2. The fourth-order valence-corrected chi connectivity index (χ4v) is 6.44. The van der Waals surface area contributed by atoms with Crippen LogP contribution in [0.25, 0.3) is 0 Å². The van der Waals surface area contributed by atoms with Crippen LogP contribution in [-0.2, 0) is 9.47 Å². The maximum absolute atomic E-state index is 5.81. The fourth-order valence-electron chi connectivity index (χ4n) is 6.44. The lowest BCUT2D eigenvalue weighted by molar-refractivity contribution is 0.0502. The number of ether oxygens (including phenoxy) is 2. The van der Waals surface area contributed by atoms with Crippen molar-refractivity contribution in [1.82, 2.24) is 0 Å². The number of epoxide rings is 2. The molecule has 10 atom stereocenters. The van der Waals surface area contributed by atoms with Gasteiger partial charge in [-0.3, -0.25) is 0 Å². The Morgan fingerprint density at radius 1 is 0.562 bits per heavy atom. The minimum atomic E-state index is 0.677. The third-order valence-electron chi connectivity index (χ3n) is 6.94. The summed E-state index contributed by atoms with van der Waals surface area (Å²) in [6, 6.07) is 0. The van der Waals surface area contributed by atoms with E-state index in [2.05, 4.69) is 0 Å². The molecule has 0 aromatic rings. The second kappa shape index (κ2) is 2.24. The normalized spacial score (nSPS) is 76.5. The molecule has 2 aliphatic heterocycles. The van der Waals surface area contributed by atoms with Gasteiger partial charge in [-0.05, 0) is 61.2 Å². The average Bonchev–Trinajstić information content (AvgIpc) is 3.10. The first kappa shape index (κ1) is 8.10. The summed E-state index contributed by atoms with van der Waals surface area (Å²) in [5.41, 5.74) is 0. The Kier molecular flexibility index (Phi) is 1.13. The van der Waals surface area contributed by atoms with Crippen LogP contribution in [0.1, 0.15) is 25.7 Å². The minimum Gasteiger partial charge on any atom is -0.370 e. The van der Waals surface area contributed by atoms with Crippen LogP contribution in [0.3, 0.4) is 0 Å². The molecule has 0 amide bonds. The Morgan fingerprint density at radius 2 is 1.19 bits per heavy atom. The zero-order valence-electron chi connectivity index (χ0n) is 9.42.